The fourth-order valence-electron chi connectivity index (χ4n) is 1.84. The number of amides is 1. The van der Waals surface area contributed by atoms with Crippen molar-refractivity contribution < 1.29 is 9.53 Å². The summed E-state index contributed by atoms with van der Waals surface area (Å²) in [7, 11) is 1.71. The van der Waals surface area contributed by atoms with Gasteiger partial charge in [-0.05, 0) is 6.42 Å². The summed E-state index contributed by atoms with van der Waals surface area (Å²) in [4.78, 5) is 13.6. The molecular formula is C9H17ClN2O2. The van der Waals surface area contributed by atoms with Crippen molar-refractivity contribution >= 4 is 18.3 Å². The summed E-state index contributed by atoms with van der Waals surface area (Å²) in [6, 6.07) is 0. The molecule has 0 aromatic rings. The second-order valence-electron chi connectivity index (χ2n) is 3.79. The lowest BCUT2D eigenvalue weighted by Gasteiger charge is -2.30. The molecule has 0 spiro atoms. The van der Waals surface area contributed by atoms with Crippen LogP contribution in [0.2, 0.25) is 0 Å². The van der Waals surface area contributed by atoms with Crippen LogP contribution in [0.1, 0.15) is 6.42 Å². The van der Waals surface area contributed by atoms with Gasteiger partial charge in [-0.1, -0.05) is 0 Å². The lowest BCUT2D eigenvalue weighted by atomic mass is 10.0. The van der Waals surface area contributed by atoms with Crippen molar-refractivity contribution in [2.45, 2.75) is 12.5 Å². The van der Waals surface area contributed by atoms with Gasteiger partial charge in [0.2, 0.25) is 5.91 Å². The van der Waals surface area contributed by atoms with E-state index >= 15 is 0 Å². The first-order chi connectivity index (χ1) is 6.31. The van der Waals surface area contributed by atoms with Crippen LogP contribution in [0.4, 0.5) is 0 Å². The van der Waals surface area contributed by atoms with Crippen molar-refractivity contribution in [1.29, 1.82) is 0 Å². The van der Waals surface area contributed by atoms with Gasteiger partial charge in [0.25, 0.3) is 0 Å². The highest BCUT2D eigenvalue weighted by Gasteiger charge is 2.33. The minimum atomic E-state index is 0. The van der Waals surface area contributed by atoms with E-state index in [0.717, 1.165) is 32.6 Å². The molecule has 2 fully saturated rings. The van der Waals surface area contributed by atoms with Crippen LogP contribution in [0, 0.1) is 5.92 Å². The maximum absolute atomic E-state index is 11.7. The van der Waals surface area contributed by atoms with E-state index in [4.69, 9.17) is 4.74 Å². The Morgan fingerprint density at radius 2 is 2.21 bits per heavy atom. The topological polar surface area (TPSA) is 41.6 Å². The van der Waals surface area contributed by atoms with Crippen molar-refractivity contribution in [2.24, 2.45) is 5.92 Å². The van der Waals surface area contributed by atoms with Gasteiger partial charge in [-0.25, -0.2) is 0 Å². The van der Waals surface area contributed by atoms with Crippen molar-refractivity contribution in [3.05, 3.63) is 0 Å². The maximum atomic E-state index is 11.7. The van der Waals surface area contributed by atoms with E-state index in [-0.39, 0.29) is 24.4 Å². The molecule has 0 aliphatic carbocycles. The zero-order valence-electron chi connectivity index (χ0n) is 8.36. The Labute approximate surface area is 90.4 Å². The van der Waals surface area contributed by atoms with Crippen molar-refractivity contribution in [2.75, 3.05) is 33.3 Å². The van der Waals surface area contributed by atoms with E-state index < -0.39 is 0 Å². The van der Waals surface area contributed by atoms with Crippen LogP contribution < -0.4 is 5.32 Å². The summed E-state index contributed by atoms with van der Waals surface area (Å²) in [5.74, 6) is 0.536. The molecule has 2 aliphatic heterocycles. The number of hydrogen-bond donors (Lipinski definition) is 1. The molecule has 0 aromatic carbocycles. The predicted molar refractivity (Wildman–Crippen MR) is 55.6 cm³/mol. The van der Waals surface area contributed by atoms with Gasteiger partial charge in [0.05, 0.1) is 12.0 Å². The van der Waals surface area contributed by atoms with Crippen LogP contribution in [0.25, 0.3) is 0 Å². The van der Waals surface area contributed by atoms with Crippen LogP contribution in [-0.4, -0.2) is 50.2 Å². The van der Waals surface area contributed by atoms with Gasteiger partial charge in [-0.2, -0.15) is 0 Å². The van der Waals surface area contributed by atoms with E-state index in [2.05, 4.69) is 5.32 Å². The van der Waals surface area contributed by atoms with Gasteiger partial charge in [-0.3, -0.25) is 4.79 Å². The first-order valence-electron chi connectivity index (χ1n) is 4.83. The highest BCUT2D eigenvalue weighted by atomic mass is 35.5. The fraction of sp³-hybridized carbons (Fsp3) is 0.889. The Morgan fingerprint density at radius 3 is 2.64 bits per heavy atom. The molecule has 0 bridgehead atoms. The number of carbonyl (C=O) groups excluding carboxylic acids is 1. The van der Waals surface area contributed by atoms with Crippen LogP contribution in [0.15, 0.2) is 0 Å². The molecule has 2 rings (SSSR count). The van der Waals surface area contributed by atoms with Gasteiger partial charge < -0.3 is 15.0 Å². The molecule has 4 nitrogen and oxygen atoms in total. The summed E-state index contributed by atoms with van der Waals surface area (Å²) in [6.07, 6.45) is 1.25. The molecule has 1 atom stereocenters. The zero-order chi connectivity index (χ0) is 9.26. The lowest BCUT2D eigenvalue weighted by molar-refractivity contribution is -0.136. The Morgan fingerprint density at radius 1 is 1.50 bits per heavy atom. The Hall–Kier alpha value is -0.320. The molecule has 2 heterocycles. The monoisotopic (exact) mass is 220 g/mol. The van der Waals surface area contributed by atoms with Crippen LogP contribution >= 0.6 is 12.4 Å². The summed E-state index contributed by atoms with van der Waals surface area (Å²) in [6.45, 7) is 3.36. The molecular weight excluding hydrogens is 204 g/mol. The minimum absolute atomic E-state index is 0. The SMILES string of the molecule is CO[C@@H]1CCN(C(=O)C2CNC2)C1.Cl. The zero-order valence-corrected chi connectivity index (χ0v) is 9.18. The fourth-order valence-corrected chi connectivity index (χ4v) is 1.84. The number of nitrogens with one attached hydrogen (secondary N) is 1. The summed E-state index contributed by atoms with van der Waals surface area (Å²) >= 11 is 0. The second kappa shape index (κ2) is 4.96. The average molecular weight is 221 g/mol. The van der Waals surface area contributed by atoms with Gasteiger partial charge in [0, 0.05) is 33.3 Å². The summed E-state index contributed by atoms with van der Waals surface area (Å²) in [5, 5.41) is 3.11. The van der Waals surface area contributed by atoms with Crippen LogP contribution in [-0.2, 0) is 9.53 Å². The van der Waals surface area contributed by atoms with Gasteiger partial charge in [0.15, 0.2) is 0 Å². The molecule has 0 radical (unpaired) electrons. The number of carbonyl (C=O) groups is 1. The molecule has 2 saturated heterocycles. The number of halogens is 1. The summed E-state index contributed by atoms with van der Waals surface area (Å²) < 4.78 is 5.21. The van der Waals surface area contributed by atoms with Gasteiger partial charge in [0.1, 0.15) is 0 Å². The van der Waals surface area contributed by atoms with Crippen molar-refractivity contribution in [1.82, 2.24) is 10.2 Å². The van der Waals surface area contributed by atoms with Gasteiger partial charge >= 0.3 is 0 Å². The van der Waals surface area contributed by atoms with Crippen LogP contribution in [0.5, 0.6) is 0 Å². The normalized spacial score (nSPS) is 26.9. The Balaban J connectivity index is 0.000000980. The quantitative estimate of drug-likeness (QED) is 0.705. The molecule has 0 aromatic heterocycles. The van der Waals surface area contributed by atoms with E-state index in [0.29, 0.717) is 5.91 Å². The molecule has 14 heavy (non-hydrogen) atoms. The third-order valence-electron chi connectivity index (χ3n) is 2.92. The Bertz CT molecular complexity index is 209. The molecule has 0 saturated carbocycles. The van der Waals surface area contributed by atoms with E-state index in [1.165, 1.54) is 0 Å². The molecule has 2 aliphatic rings. The number of likely N-dealkylation sites (tertiary alicyclic amines) is 1. The molecule has 82 valence electrons. The van der Waals surface area contributed by atoms with Crippen LogP contribution in [0.3, 0.4) is 0 Å². The highest BCUT2D eigenvalue weighted by molar-refractivity contribution is 5.85. The molecule has 0 unspecified atom stereocenters. The van der Waals surface area contributed by atoms with Gasteiger partial charge in [-0.15, -0.1) is 12.4 Å². The number of methoxy groups -OCH3 is 1. The largest absolute Gasteiger partial charge is 0.380 e. The number of ether oxygens (including phenoxy) is 1. The Kier molecular flexibility index (Phi) is 4.16. The maximum Gasteiger partial charge on any atom is 0.228 e. The third kappa shape index (κ3) is 2.19. The molecule has 5 heteroatoms. The average Bonchev–Trinajstić information content (AvgIpc) is 2.48. The lowest BCUT2D eigenvalue weighted by Crippen LogP contribution is -2.51. The minimum Gasteiger partial charge on any atom is -0.380 e. The first kappa shape index (κ1) is 11.8. The number of nitrogens with zero attached hydrogens (tertiary/aromatic N) is 1. The van der Waals surface area contributed by atoms with E-state index in [1.807, 2.05) is 4.90 Å². The van der Waals surface area contributed by atoms with Crippen molar-refractivity contribution in [3.8, 4) is 0 Å². The summed E-state index contributed by atoms with van der Waals surface area (Å²) in [5.41, 5.74) is 0. The number of rotatable bonds is 2. The second-order valence-corrected chi connectivity index (χ2v) is 3.79. The number of hydrogen-bond acceptors (Lipinski definition) is 3. The van der Waals surface area contributed by atoms with Crippen molar-refractivity contribution in [3.63, 3.8) is 0 Å². The third-order valence-corrected chi connectivity index (χ3v) is 2.92. The van der Waals surface area contributed by atoms with E-state index in [1.54, 1.807) is 7.11 Å². The van der Waals surface area contributed by atoms with E-state index in [9.17, 15) is 4.79 Å². The smallest absolute Gasteiger partial charge is 0.228 e. The molecule has 1 amide bonds. The standard InChI is InChI=1S/C9H16N2O2.ClH/c1-13-8-2-3-11(6-8)9(12)7-4-10-5-7;/h7-8,10H,2-6H2,1H3;1H/t8-;/m1./s1. The first-order valence-corrected chi connectivity index (χ1v) is 4.83. The highest BCUT2D eigenvalue weighted by Crippen LogP contribution is 2.16. The predicted octanol–water partition coefficient (Wildman–Crippen LogP) is -0.125. The molecule has 1 N–H and O–H groups in total.